The van der Waals surface area contributed by atoms with E-state index in [-0.39, 0.29) is 17.5 Å². The van der Waals surface area contributed by atoms with Crippen LogP contribution in [0.4, 0.5) is 17.2 Å². The predicted molar refractivity (Wildman–Crippen MR) is 135 cm³/mol. The van der Waals surface area contributed by atoms with E-state index in [4.69, 9.17) is 11.3 Å². The third-order valence-corrected chi connectivity index (χ3v) is 7.03. The molecular formula is C26H36N6O2. The number of hydrogen-bond acceptors (Lipinski definition) is 5. The lowest BCUT2D eigenvalue weighted by atomic mass is 9.94. The van der Waals surface area contributed by atoms with Crippen LogP contribution in [0.3, 0.4) is 0 Å². The molecule has 34 heavy (non-hydrogen) atoms. The number of aromatic amines is 1. The molecule has 4 rings (SSSR count). The molecular weight excluding hydrogens is 428 g/mol. The third kappa shape index (κ3) is 5.78. The van der Waals surface area contributed by atoms with Crippen molar-refractivity contribution in [2.75, 3.05) is 49.5 Å². The van der Waals surface area contributed by atoms with Crippen LogP contribution >= 0.6 is 0 Å². The van der Waals surface area contributed by atoms with Crippen LogP contribution in [-0.2, 0) is 10.3 Å². The van der Waals surface area contributed by atoms with Crippen LogP contribution in [0.25, 0.3) is 4.85 Å². The maximum atomic E-state index is 12.8. The summed E-state index contributed by atoms with van der Waals surface area (Å²) in [5.74, 6) is 0.742. The summed E-state index contributed by atoms with van der Waals surface area (Å²) in [4.78, 5) is 27.7. The Bertz CT molecular complexity index is 1030. The van der Waals surface area contributed by atoms with Gasteiger partial charge in [-0.25, -0.2) is 4.98 Å². The van der Waals surface area contributed by atoms with Crippen molar-refractivity contribution in [2.24, 2.45) is 5.92 Å². The number of carbonyl (C=O) groups is 1. The van der Waals surface area contributed by atoms with Crippen molar-refractivity contribution >= 4 is 23.1 Å². The van der Waals surface area contributed by atoms with E-state index in [2.05, 4.69) is 56.8 Å². The highest BCUT2D eigenvalue weighted by Gasteiger charge is 2.26. The lowest BCUT2D eigenvalue weighted by Crippen LogP contribution is -2.34. The summed E-state index contributed by atoms with van der Waals surface area (Å²) in [6.07, 6.45) is 6.19. The normalized spacial score (nSPS) is 17.6. The van der Waals surface area contributed by atoms with Crippen molar-refractivity contribution in [1.29, 1.82) is 0 Å². The van der Waals surface area contributed by atoms with Crippen molar-refractivity contribution in [3.05, 3.63) is 47.2 Å². The van der Waals surface area contributed by atoms with Crippen molar-refractivity contribution in [3.8, 4) is 0 Å². The fraction of sp³-hybridized carbons (Fsp3) is 0.577. The second-order valence-electron chi connectivity index (χ2n) is 9.99. The lowest BCUT2D eigenvalue weighted by molar-refractivity contribution is -0.0287. The molecule has 1 aromatic heterocycles. The number of imidazole rings is 1. The molecule has 0 atom stereocenters. The number of likely N-dealkylation sites (tertiary alicyclic amines) is 1. The van der Waals surface area contributed by atoms with Gasteiger partial charge in [0.15, 0.2) is 0 Å². The van der Waals surface area contributed by atoms with Crippen LogP contribution in [0.15, 0.2) is 24.4 Å². The van der Waals surface area contributed by atoms with Crippen molar-refractivity contribution in [2.45, 2.75) is 52.1 Å². The number of amides is 1. The molecule has 2 aliphatic rings. The average molecular weight is 465 g/mol. The summed E-state index contributed by atoms with van der Waals surface area (Å²) in [7, 11) is 0. The highest BCUT2D eigenvalue weighted by Crippen LogP contribution is 2.35. The fourth-order valence-corrected chi connectivity index (χ4v) is 4.71. The summed E-state index contributed by atoms with van der Waals surface area (Å²) in [6.45, 7) is 19.5. The highest BCUT2D eigenvalue weighted by atomic mass is 16.5. The number of H-pyrrole nitrogens is 1. The zero-order valence-corrected chi connectivity index (χ0v) is 20.6. The van der Waals surface area contributed by atoms with E-state index >= 15 is 0 Å². The molecule has 0 spiro atoms. The molecule has 0 bridgehead atoms. The smallest absolute Gasteiger partial charge is 0.314 e. The van der Waals surface area contributed by atoms with E-state index in [0.717, 1.165) is 49.4 Å². The molecule has 0 aliphatic carbocycles. The second kappa shape index (κ2) is 10.6. The number of rotatable bonds is 8. The number of aromatic nitrogens is 2. The maximum Gasteiger partial charge on any atom is 0.314 e. The van der Waals surface area contributed by atoms with Gasteiger partial charge in [-0.1, -0.05) is 19.6 Å². The molecule has 0 unspecified atom stereocenters. The van der Waals surface area contributed by atoms with E-state index in [1.165, 1.54) is 32.1 Å². The summed E-state index contributed by atoms with van der Waals surface area (Å²) in [6, 6.07) is 6.16. The van der Waals surface area contributed by atoms with Gasteiger partial charge in [0.1, 0.15) is 0 Å². The Kier molecular flexibility index (Phi) is 7.54. The molecule has 182 valence electrons. The predicted octanol–water partition coefficient (Wildman–Crippen LogP) is 4.80. The van der Waals surface area contributed by atoms with E-state index in [9.17, 15) is 4.79 Å². The zero-order valence-electron chi connectivity index (χ0n) is 20.6. The fourth-order valence-electron chi connectivity index (χ4n) is 4.71. The topological polar surface area (TPSA) is 77.8 Å². The van der Waals surface area contributed by atoms with E-state index < -0.39 is 5.60 Å². The molecule has 2 aromatic rings. The quantitative estimate of drug-likeness (QED) is 0.549. The number of nitrogens with one attached hydrogen (secondary N) is 2. The van der Waals surface area contributed by atoms with E-state index in [0.29, 0.717) is 12.5 Å². The van der Waals surface area contributed by atoms with Crippen LogP contribution in [0.5, 0.6) is 0 Å². The van der Waals surface area contributed by atoms with Crippen LogP contribution in [0.1, 0.15) is 62.6 Å². The largest absolute Gasteiger partial charge is 0.370 e. The maximum absolute atomic E-state index is 12.8. The first-order valence-corrected chi connectivity index (χ1v) is 12.4. The number of anilines is 2. The van der Waals surface area contributed by atoms with Crippen molar-refractivity contribution < 1.29 is 9.53 Å². The molecule has 2 aliphatic heterocycles. The molecule has 8 heteroatoms. The van der Waals surface area contributed by atoms with Gasteiger partial charge in [0.2, 0.25) is 5.82 Å². The number of benzene rings is 1. The molecule has 0 radical (unpaired) electrons. The Balaban J connectivity index is 1.53. The van der Waals surface area contributed by atoms with Crippen LogP contribution in [0, 0.1) is 12.5 Å². The third-order valence-electron chi connectivity index (χ3n) is 7.03. The first-order chi connectivity index (χ1) is 16.4. The highest BCUT2D eigenvalue weighted by molar-refractivity contribution is 6.04. The van der Waals surface area contributed by atoms with Crippen molar-refractivity contribution in [1.82, 2.24) is 14.9 Å². The molecule has 0 saturated carbocycles. The molecule has 1 aromatic carbocycles. The van der Waals surface area contributed by atoms with Gasteiger partial charge < -0.3 is 24.7 Å². The summed E-state index contributed by atoms with van der Waals surface area (Å²) in [5.41, 5.74) is 2.41. The SMILES string of the molecule is [C-]#[N+]c1cnc(C(=O)Nc2ccc(C(C)(C)OCCN3CCCC3)cc2N2CCC(C)CC2)[nH]1. The van der Waals surface area contributed by atoms with Gasteiger partial charge in [-0.3, -0.25) is 9.78 Å². The lowest BCUT2D eigenvalue weighted by Gasteiger charge is -2.35. The first-order valence-electron chi connectivity index (χ1n) is 12.4. The van der Waals surface area contributed by atoms with Gasteiger partial charge >= 0.3 is 5.91 Å². The summed E-state index contributed by atoms with van der Waals surface area (Å²) < 4.78 is 6.35. The molecule has 3 heterocycles. The Morgan fingerprint density at radius 1 is 1.26 bits per heavy atom. The standard InChI is InChI=1S/C26H36N6O2/c1-19-9-13-32(14-10-19)22-17-20(26(2,3)34-16-15-31-11-5-6-12-31)7-8-21(22)29-25(33)24-28-18-23(27-4)30-24/h7-8,17-19H,5-6,9-16H2,1-3H3,(H,28,30)(H,29,33). The van der Waals surface area contributed by atoms with Gasteiger partial charge in [-0.2, -0.15) is 0 Å². The first kappa shape index (κ1) is 24.2. The Labute approximate surface area is 202 Å². The summed E-state index contributed by atoms with van der Waals surface area (Å²) in [5, 5.41) is 3.01. The minimum atomic E-state index is -0.439. The van der Waals surface area contributed by atoms with Crippen molar-refractivity contribution in [3.63, 3.8) is 0 Å². The number of ether oxygens (including phenoxy) is 1. The monoisotopic (exact) mass is 464 g/mol. The second-order valence-corrected chi connectivity index (χ2v) is 9.99. The van der Waals surface area contributed by atoms with Gasteiger partial charge in [0.05, 0.1) is 29.8 Å². The van der Waals surface area contributed by atoms with E-state index in [1.54, 1.807) is 0 Å². The number of carbonyl (C=O) groups excluding carboxylic acids is 1. The summed E-state index contributed by atoms with van der Waals surface area (Å²) >= 11 is 0. The number of hydrogen-bond donors (Lipinski definition) is 2. The molecule has 2 N–H and O–H groups in total. The van der Waals surface area contributed by atoms with Gasteiger partial charge in [0.25, 0.3) is 5.82 Å². The average Bonchev–Trinajstić information content (AvgIpc) is 3.52. The minimum absolute atomic E-state index is 0.138. The van der Waals surface area contributed by atoms with Gasteiger partial charge in [-0.05, 0) is 76.2 Å². The van der Waals surface area contributed by atoms with E-state index in [1.807, 2.05) is 12.1 Å². The zero-order chi connectivity index (χ0) is 24.1. The number of piperidine rings is 1. The molecule has 2 saturated heterocycles. The van der Waals surface area contributed by atoms with Crippen LogP contribution in [-0.4, -0.2) is 60.1 Å². The van der Waals surface area contributed by atoms with Crippen LogP contribution < -0.4 is 10.2 Å². The minimum Gasteiger partial charge on any atom is -0.370 e. The number of nitrogens with zero attached hydrogens (tertiary/aromatic N) is 4. The Morgan fingerprint density at radius 2 is 2.00 bits per heavy atom. The molecule has 2 fully saturated rings. The van der Waals surface area contributed by atoms with Gasteiger partial charge in [0, 0.05) is 19.6 Å². The Morgan fingerprint density at radius 3 is 2.68 bits per heavy atom. The molecule has 8 nitrogen and oxygen atoms in total. The van der Waals surface area contributed by atoms with Gasteiger partial charge in [-0.15, -0.1) is 0 Å². The van der Waals surface area contributed by atoms with Crippen LogP contribution in [0.2, 0.25) is 0 Å². The Hall–Kier alpha value is -2.89. The molecule has 1 amide bonds.